The topological polar surface area (TPSA) is 159 Å². The fourth-order valence-corrected chi connectivity index (χ4v) is 9.99. The Balaban J connectivity index is 2.69. The van der Waals surface area contributed by atoms with Crippen molar-refractivity contribution in [3.05, 3.63) is 39.9 Å². The number of amidine groups is 1. The zero-order chi connectivity index (χ0) is 38.7. The molecular formula is C34H57N4O10PSSi. The first-order valence-electron chi connectivity index (χ1n) is 17.3. The zero-order valence-corrected chi connectivity index (χ0v) is 34.9. The highest BCUT2D eigenvalue weighted by Crippen LogP contribution is 2.55. The number of benzene rings is 1. The molecule has 0 bridgehead atoms. The van der Waals surface area contributed by atoms with E-state index in [0.29, 0.717) is 17.9 Å². The van der Waals surface area contributed by atoms with E-state index in [2.05, 4.69) is 38.9 Å². The van der Waals surface area contributed by atoms with Crippen molar-refractivity contribution in [1.29, 1.82) is 0 Å². The molecule has 2 rings (SSSR count). The maximum atomic E-state index is 14.4. The summed E-state index contributed by atoms with van der Waals surface area (Å²) in [5.74, 6) is -1.03. The van der Waals surface area contributed by atoms with Crippen LogP contribution in [0.25, 0.3) is 0 Å². The van der Waals surface area contributed by atoms with Crippen LogP contribution in [0.3, 0.4) is 0 Å². The van der Waals surface area contributed by atoms with Gasteiger partial charge in [0.1, 0.15) is 12.4 Å². The lowest BCUT2D eigenvalue weighted by Crippen LogP contribution is -2.69. The van der Waals surface area contributed by atoms with Crippen molar-refractivity contribution < 1.29 is 42.0 Å². The van der Waals surface area contributed by atoms with Crippen LogP contribution in [-0.4, -0.2) is 110 Å². The normalized spacial score (nSPS) is 17.5. The van der Waals surface area contributed by atoms with Crippen molar-refractivity contribution >= 4 is 61.6 Å². The van der Waals surface area contributed by atoms with Crippen molar-refractivity contribution in [3.8, 4) is 0 Å². The van der Waals surface area contributed by atoms with Crippen LogP contribution >= 0.6 is 19.3 Å². The molecule has 3 unspecified atom stereocenters. The molecule has 0 spiro atoms. The number of carbonyl (C=O) groups excluding carboxylic acids is 3. The number of β-lactam (4-membered cyclic amide) rings is 1. The molecule has 1 saturated heterocycles. The van der Waals surface area contributed by atoms with Crippen molar-refractivity contribution in [2.75, 3.05) is 46.2 Å². The van der Waals surface area contributed by atoms with E-state index in [1.54, 1.807) is 20.8 Å². The van der Waals surface area contributed by atoms with Gasteiger partial charge in [-0.15, -0.1) is 0 Å². The van der Waals surface area contributed by atoms with Gasteiger partial charge >= 0.3 is 5.97 Å². The fraction of sp³-hybridized carbons (Fsp3) is 0.676. The number of carbonyl (C=O) groups is 3. The molecule has 288 valence electrons. The number of rotatable bonds is 19. The first kappa shape index (κ1) is 44.6. The molecule has 0 saturated carbocycles. The molecule has 1 aliphatic heterocycles. The van der Waals surface area contributed by atoms with E-state index in [-0.39, 0.29) is 54.1 Å². The number of hydrogen-bond donors (Lipinski definition) is 0. The molecule has 0 aromatic heterocycles. The molecule has 3 atom stereocenters. The minimum Gasteiger partial charge on any atom is -0.456 e. The van der Waals surface area contributed by atoms with Crippen LogP contribution in [0.5, 0.6) is 0 Å². The van der Waals surface area contributed by atoms with Gasteiger partial charge in [-0.1, -0.05) is 32.5 Å². The fourth-order valence-electron chi connectivity index (χ4n) is 5.22. The summed E-state index contributed by atoms with van der Waals surface area (Å²) in [6.45, 7) is 20.0. The van der Waals surface area contributed by atoms with Gasteiger partial charge in [0.25, 0.3) is 13.3 Å². The second-order valence-corrected chi connectivity index (χ2v) is 21.6. The lowest BCUT2D eigenvalue weighted by molar-refractivity contribution is -0.384. The third-order valence-corrected chi connectivity index (χ3v) is 16.9. The lowest BCUT2D eigenvalue weighted by atomic mass is 9.81. The molecule has 0 N–H and O–H groups in total. The first-order valence-corrected chi connectivity index (χ1v) is 22.7. The van der Waals surface area contributed by atoms with Gasteiger partial charge in [0.05, 0.1) is 48.6 Å². The molecule has 1 aromatic rings. The van der Waals surface area contributed by atoms with Gasteiger partial charge < -0.3 is 27.6 Å². The number of ether oxygens (including phenoxy) is 1. The number of thioether (sulfide) groups is 1. The van der Waals surface area contributed by atoms with E-state index >= 15 is 0 Å². The van der Waals surface area contributed by atoms with Crippen LogP contribution in [-0.2, 0) is 43.7 Å². The summed E-state index contributed by atoms with van der Waals surface area (Å²) in [5.41, 5.74) is 0.140. The van der Waals surface area contributed by atoms with Crippen LogP contribution in [0.15, 0.2) is 29.3 Å². The molecule has 1 amide bonds. The monoisotopic (exact) mass is 772 g/mol. The third kappa shape index (κ3) is 11.4. The molecule has 1 aromatic carbocycles. The average molecular weight is 773 g/mol. The standard InChI is InChI=1S/C34H57N4O10PSSi/c1-13-35-28(36(9)10)23-50-29(39)21-27-30(24(5)48-51(11,12)34(6,7)8)31(40)37(27)32(49(45-14-2,46-15-3)47-16-4)33(41)44-22-25-17-19-26(20-18-25)38(42)43/h17-20,24,27,30H,13-16,21-23H2,1-12H3. The minimum atomic E-state index is -3.74. The molecule has 0 aliphatic carbocycles. The summed E-state index contributed by atoms with van der Waals surface area (Å²) in [6, 6.07) is 4.78. The highest BCUT2D eigenvalue weighted by molar-refractivity contribution is 8.14. The number of nitro benzene ring substituents is 1. The van der Waals surface area contributed by atoms with E-state index in [1.807, 2.05) is 32.8 Å². The molecule has 1 aliphatic rings. The van der Waals surface area contributed by atoms with Crippen LogP contribution in [0.1, 0.15) is 67.4 Å². The number of likely N-dealkylation sites (tertiary alicyclic amines) is 1. The Morgan fingerprint density at radius 1 is 1.06 bits per heavy atom. The maximum absolute atomic E-state index is 14.4. The van der Waals surface area contributed by atoms with Crippen molar-refractivity contribution in [2.45, 2.75) is 98.7 Å². The smallest absolute Gasteiger partial charge is 0.362 e. The quantitative estimate of drug-likeness (QED) is 0.0220. The van der Waals surface area contributed by atoms with Crippen molar-refractivity contribution in [2.24, 2.45) is 10.9 Å². The number of aliphatic imine (C=N–C) groups is 1. The molecule has 0 radical (unpaired) electrons. The SMILES string of the molecule is CCN=C(CSC(=O)CC1C(C(C)O[Si](C)(C)C(C)(C)C)C(=O)N1C(C(=O)OCc1ccc([N+](=O)[O-])cc1)=P(OCC)(OCC)OCC)N(C)C. The van der Waals surface area contributed by atoms with Gasteiger partial charge in [-0.3, -0.25) is 29.6 Å². The van der Waals surface area contributed by atoms with Gasteiger partial charge in [0.2, 0.25) is 11.3 Å². The zero-order valence-electron chi connectivity index (χ0n) is 32.2. The van der Waals surface area contributed by atoms with Crippen LogP contribution < -0.4 is 0 Å². The highest BCUT2D eigenvalue weighted by atomic mass is 32.2. The molecule has 1 fully saturated rings. The summed E-state index contributed by atoms with van der Waals surface area (Å²) in [7, 11) is -2.37. The Morgan fingerprint density at radius 2 is 1.61 bits per heavy atom. The van der Waals surface area contributed by atoms with E-state index in [4.69, 9.17) is 22.7 Å². The maximum Gasteiger partial charge on any atom is 0.362 e. The highest BCUT2D eigenvalue weighted by Gasteiger charge is 2.58. The Bertz CT molecular complexity index is 1440. The predicted molar refractivity (Wildman–Crippen MR) is 205 cm³/mol. The van der Waals surface area contributed by atoms with Crippen LogP contribution in [0, 0.1) is 16.0 Å². The van der Waals surface area contributed by atoms with Gasteiger partial charge in [-0.2, -0.15) is 0 Å². The summed E-state index contributed by atoms with van der Waals surface area (Å²) in [4.78, 5) is 60.7. The summed E-state index contributed by atoms with van der Waals surface area (Å²) >= 11 is 1.09. The largest absolute Gasteiger partial charge is 0.456 e. The van der Waals surface area contributed by atoms with E-state index < -0.39 is 50.7 Å². The van der Waals surface area contributed by atoms with Crippen LogP contribution in [0.2, 0.25) is 18.1 Å². The van der Waals surface area contributed by atoms with Crippen molar-refractivity contribution in [1.82, 2.24) is 9.80 Å². The molecular weight excluding hydrogens is 716 g/mol. The Morgan fingerprint density at radius 3 is 2.06 bits per heavy atom. The van der Waals surface area contributed by atoms with E-state index in [0.717, 1.165) is 17.6 Å². The minimum absolute atomic E-state index is 0.0901. The molecule has 1 heterocycles. The van der Waals surface area contributed by atoms with Crippen molar-refractivity contribution in [3.63, 3.8) is 0 Å². The molecule has 14 nitrogen and oxygen atoms in total. The van der Waals surface area contributed by atoms with E-state index in [9.17, 15) is 24.5 Å². The number of nitro groups is 1. The van der Waals surface area contributed by atoms with Gasteiger partial charge in [-0.25, -0.2) is 4.79 Å². The number of esters is 1. The first-order chi connectivity index (χ1) is 23.8. The van der Waals surface area contributed by atoms with E-state index in [1.165, 1.54) is 29.2 Å². The second-order valence-electron chi connectivity index (χ2n) is 13.6. The Hall–Kier alpha value is -2.59. The summed E-state index contributed by atoms with van der Waals surface area (Å²) < 4.78 is 30.8. The third-order valence-electron chi connectivity index (χ3n) is 8.74. The Kier molecular flexibility index (Phi) is 17.0. The van der Waals surface area contributed by atoms with Crippen LogP contribution in [0.4, 0.5) is 5.69 Å². The summed E-state index contributed by atoms with van der Waals surface area (Å²) in [5, 5.41) is 10.8. The average Bonchev–Trinajstić information content (AvgIpc) is 3.03. The number of nitrogens with zero attached hydrogens (tertiary/aromatic N) is 4. The Labute approximate surface area is 308 Å². The van der Waals surface area contributed by atoms with Gasteiger partial charge in [0, 0.05) is 39.2 Å². The summed E-state index contributed by atoms with van der Waals surface area (Å²) in [6.07, 6.45) is -0.671. The molecule has 51 heavy (non-hydrogen) atoms. The molecule has 17 heteroatoms. The second kappa shape index (κ2) is 19.5. The van der Waals surface area contributed by atoms with Gasteiger partial charge in [0.15, 0.2) is 13.4 Å². The number of hydrogen-bond acceptors (Lipinski definition) is 12. The lowest BCUT2D eigenvalue weighted by Gasteiger charge is -2.52. The predicted octanol–water partition coefficient (Wildman–Crippen LogP) is 6.51. The number of amides is 1. The number of non-ortho nitro benzene ring substituents is 1. The van der Waals surface area contributed by atoms with Gasteiger partial charge in [-0.05, 0) is 70.4 Å².